The maximum absolute atomic E-state index is 14.2. The van der Waals surface area contributed by atoms with Gasteiger partial charge in [0.05, 0.1) is 22.0 Å². The second-order valence-electron chi connectivity index (χ2n) is 10.4. The number of rotatable bonds is 8. The number of halogens is 2. The first-order chi connectivity index (χ1) is 21.6. The molecule has 226 valence electrons. The van der Waals surface area contributed by atoms with Gasteiger partial charge >= 0.3 is 0 Å². The predicted molar refractivity (Wildman–Crippen MR) is 169 cm³/mol. The molecular weight excluding hydrogens is 598 g/mol. The van der Waals surface area contributed by atoms with Crippen LogP contribution in [0.5, 0.6) is 0 Å². The largest absolute Gasteiger partial charge is 0.324 e. The van der Waals surface area contributed by atoms with Gasteiger partial charge in [-0.25, -0.2) is 31.7 Å². The van der Waals surface area contributed by atoms with Gasteiger partial charge < -0.3 is 10.6 Å². The van der Waals surface area contributed by atoms with Gasteiger partial charge in [0.1, 0.15) is 22.9 Å². The summed E-state index contributed by atoms with van der Waals surface area (Å²) in [5.41, 5.74) is 4.05. The quantitative estimate of drug-likeness (QED) is 0.190. The minimum Gasteiger partial charge on any atom is -0.324 e. The smallest absolute Gasteiger partial charge is 0.261 e. The predicted octanol–water partition coefficient (Wildman–Crippen LogP) is 6.84. The van der Waals surface area contributed by atoms with Crippen LogP contribution >= 0.6 is 0 Å². The van der Waals surface area contributed by atoms with E-state index in [1.807, 2.05) is 18.2 Å². The van der Waals surface area contributed by atoms with E-state index in [0.717, 1.165) is 17.6 Å². The minimum absolute atomic E-state index is 0.283. The van der Waals surface area contributed by atoms with Crippen LogP contribution in [0.3, 0.4) is 0 Å². The van der Waals surface area contributed by atoms with Crippen LogP contribution in [0.2, 0.25) is 0 Å². The van der Waals surface area contributed by atoms with E-state index < -0.39 is 38.2 Å². The van der Waals surface area contributed by atoms with Gasteiger partial charge in [-0.1, -0.05) is 36.4 Å². The molecule has 1 amide bonds. The van der Waals surface area contributed by atoms with Gasteiger partial charge in [0.2, 0.25) is 5.95 Å². The molecule has 0 spiro atoms. The number of carbonyl (C=O) groups excluding carboxylic acids is 1. The number of fused-ring (bicyclic) bond motifs is 1. The Morgan fingerprint density at radius 1 is 0.889 bits per heavy atom. The minimum atomic E-state index is -3.29. The Bertz CT molecular complexity index is 2170. The van der Waals surface area contributed by atoms with Crippen molar-refractivity contribution in [3.05, 3.63) is 126 Å². The van der Waals surface area contributed by atoms with Crippen LogP contribution in [0.1, 0.15) is 28.1 Å². The fraction of sp³-hybridized carbons (Fsp3) is 0.0909. The van der Waals surface area contributed by atoms with Gasteiger partial charge in [0.25, 0.3) is 5.91 Å². The molecule has 45 heavy (non-hydrogen) atoms. The lowest BCUT2D eigenvalue weighted by atomic mass is 10.0. The summed E-state index contributed by atoms with van der Waals surface area (Å²) < 4.78 is 54.3. The molecule has 1 atom stereocenters. The van der Waals surface area contributed by atoms with Crippen LogP contribution in [0, 0.1) is 11.6 Å². The molecule has 0 saturated heterocycles. The molecule has 12 heteroatoms. The maximum atomic E-state index is 14.2. The van der Waals surface area contributed by atoms with E-state index in [4.69, 9.17) is 10.1 Å². The SMILES string of the molecule is CC(c1cccc(Nc2nccc(-c3c(-c4cccc(NC(=O)c5c(F)cccc5F)c4)nn4ccccc34)n2)c1)S(C)(=O)=O. The first kappa shape index (κ1) is 29.6. The molecule has 9 nitrogen and oxygen atoms in total. The first-order valence-electron chi connectivity index (χ1n) is 13.8. The van der Waals surface area contributed by atoms with Gasteiger partial charge in [0.15, 0.2) is 9.84 Å². The average molecular weight is 625 g/mol. The van der Waals surface area contributed by atoms with E-state index >= 15 is 0 Å². The Balaban J connectivity index is 1.36. The fourth-order valence-electron chi connectivity index (χ4n) is 4.91. The molecule has 6 aromatic rings. The molecule has 0 radical (unpaired) electrons. The maximum Gasteiger partial charge on any atom is 0.261 e. The number of pyridine rings is 1. The second kappa shape index (κ2) is 11.9. The molecule has 6 rings (SSSR count). The van der Waals surface area contributed by atoms with Crippen molar-refractivity contribution < 1.29 is 22.0 Å². The Hall–Kier alpha value is -5.49. The van der Waals surface area contributed by atoms with Crippen molar-refractivity contribution in [2.75, 3.05) is 16.9 Å². The van der Waals surface area contributed by atoms with Gasteiger partial charge in [-0.05, 0) is 67.1 Å². The fourth-order valence-corrected chi connectivity index (χ4v) is 5.55. The average Bonchev–Trinajstić information content (AvgIpc) is 3.40. The zero-order chi connectivity index (χ0) is 31.7. The van der Waals surface area contributed by atoms with Gasteiger partial charge in [-0.2, -0.15) is 5.10 Å². The van der Waals surface area contributed by atoms with Crippen LogP contribution in [0.4, 0.5) is 26.1 Å². The van der Waals surface area contributed by atoms with Gasteiger partial charge in [-0.3, -0.25) is 4.79 Å². The summed E-state index contributed by atoms with van der Waals surface area (Å²) in [7, 11) is -3.29. The highest BCUT2D eigenvalue weighted by Gasteiger charge is 2.21. The molecule has 0 fully saturated rings. The molecule has 1 unspecified atom stereocenters. The van der Waals surface area contributed by atoms with E-state index in [2.05, 4.69) is 15.6 Å². The Labute approximate surface area is 257 Å². The third-order valence-corrected chi connectivity index (χ3v) is 8.85. The zero-order valence-electron chi connectivity index (χ0n) is 24.1. The highest BCUT2D eigenvalue weighted by atomic mass is 32.2. The Morgan fingerprint density at radius 2 is 1.62 bits per heavy atom. The molecule has 0 aliphatic rings. The number of nitrogens with zero attached hydrogens (tertiary/aromatic N) is 4. The van der Waals surface area contributed by atoms with E-state index in [0.29, 0.717) is 39.5 Å². The number of anilines is 3. The molecule has 2 N–H and O–H groups in total. The number of hydrogen-bond acceptors (Lipinski definition) is 7. The summed E-state index contributed by atoms with van der Waals surface area (Å²) in [5, 5.41) is 9.84. The lowest BCUT2D eigenvalue weighted by molar-refractivity contribution is 0.101. The molecule has 0 saturated carbocycles. The number of sulfone groups is 1. The summed E-state index contributed by atoms with van der Waals surface area (Å²) in [4.78, 5) is 21.9. The molecular formula is C33H26F2N6O3S. The topological polar surface area (TPSA) is 118 Å². The number of hydrogen-bond donors (Lipinski definition) is 2. The van der Waals surface area contributed by atoms with E-state index in [9.17, 15) is 22.0 Å². The summed E-state index contributed by atoms with van der Waals surface area (Å²) in [5.74, 6) is -2.56. The number of nitrogens with one attached hydrogen (secondary N) is 2. The zero-order valence-corrected chi connectivity index (χ0v) is 24.9. The van der Waals surface area contributed by atoms with Crippen LogP contribution in [-0.2, 0) is 9.84 Å². The van der Waals surface area contributed by atoms with Crippen molar-refractivity contribution in [2.45, 2.75) is 12.2 Å². The summed E-state index contributed by atoms with van der Waals surface area (Å²) in [6.07, 6.45) is 4.60. The van der Waals surface area contributed by atoms with Crippen molar-refractivity contribution >= 4 is 38.6 Å². The Kier molecular flexibility index (Phi) is 7.81. The van der Waals surface area contributed by atoms with Crippen molar-refractivity contribution in [1.29, 1.82) is 0 Å². The molecule has 3 heterocycles. The summed E-state index contributed by atoms with van der Waals surface area (Å²) in [6.45, 7) is 1.64. The number of carbonyl (C=O) groups is 1. The number of amides is 1. The van der Waals surface area contributed by atoms with Crippen LogP contribution in [-0.4, -0.2) is 40.2 Å². The number of aromatic nitrogens is 4. The molecule has 3 aromatic carbocycles. The van der Waals surface area contributed by atoms with Crippen LogP contribution in [0.25, 0.3) is 28.0 Å². The third-order valence-electron chi connectivity index (χ3n) is 7.29. The first-order valence-corrected chi connectivity index (χ1v) is 15.8. The van der Waals surface area contributed by atoms with Crippen LogP contribution in [0.15, 0.2) is 103 Å². The van der Waals surface area contributed by atoms with Gasteiger partial charge in [0, 0.05) is 35.6 Å². The summed E-state index contributed by atoms with van der Waals surface area (Å²) in [6, 6.07) is 24.4. The molecule has 0 aliphatic heterocycles. The van der Waals surface area contributed by atoms with E-state index in [1.165, 1.54) is 12.3 Å². The molecule has 3 aromatic heterocycles. The van der Waals surface area contributed by atoms with Gasteiger partial charge in [-0.15, -0.1) is 0 Å². The highest BCUT2D eigenvalue weighted by Crippen LogP contribution is 2.36. The molecule has 0 aliphatic carbocycles. The van der Waals surface area contributed by atoms with Crippen molar-refractivity contribution in [1.82, 2.24) is 19.6 Å². The monoisotopic (exact) mass is 624 g/mol. The lowest BCUT2D eigenvalue weighted by Gasteiger charge is -2.12. The van der Waals surface area contributed by atoms with E-state index in [1.54, 1.807) is 78.4 Å². The summed E-state index contributed by atoms with van der Waals surface area (Å²) >= 11 is 0. The highest BCUT2D eigenvalue weighted by molar-refractivity contribution is 7.90. The van der Waals surface area contributed by atoms with Crippen molar-refractivity contribution in [3.8, 4) is 22.5 Å². The van der Waals surface area contributed by atoms with Crippen molar-refractivity contribution in [2.24, 2.45) is 0 Å². The van der Waals surface area contributed by atoms with Crippen LogP contribution < -0.4 is 10.6 Å². The standard InChI is InChI=1S/C33H26F2N6O3S/c1-20(45(2,43)44)21-8-5-11-24(18-21)38-33-36-16-15-27(39-33)30-28-14-3-4-17-41(28)40-31(30)22-9-6-10-23(19-22)37-32(42)29-25(34)12-7-13-26(29)35/h3-20H,1-2H3,(H,37,42)(H,36,38,39). The molecule has 0 bridgehead atoms. The lowest BCUT2D eigenvalue weighted by Crippen LogP contribution is -2.15. The second-order valence-corrected chi connectivity index (χ2v) is 12.7. The van der Waals surface area contributed by atoms with Crippen molar-refractivity contribution in [3.63, 3.8) is 0 Å². The number of benzene rings is 3. The van der Waals surface area contributed by atoms with E-state index in [-0.39, 0.29) is 5.95 Å². The Morgan fingerprint density at radius 3 is 2.40 bits per heavy atom. The third kappa shape index (κ3) is 6.13. The normalized spacial score (nSPS) is 12.2.